The number of nitrogens with one attached hydrogen (secondary N) is 1. The van der Waals surface area contributed by atoms with Gasteiger partial charge in [0.2, 0.25) is 0 Å². The monoisotopic (exact) mass is 469 g/mol. The normalized spacial score (nSPS) is 10.8. The van der Waals surface area contributed by atoms with Crippen molar-refractivity contribution in [3.05, 3.63) is 74.3 Å². The van der Waals surface area contributed by atoms with Crippen molar-refractivity contribution < 1.29 is 29.0 Å². The van der Waals surface area contributed by atoms with E-state index < -0.39 is 22.0 Å². The third kappa shape index (κ3) is 6.03. The van der Waals surface area contributed by atoms with Gasteiger partial charge < -0.3 is 29.0 Å². The zero-order valence-corrected chi connectivity index (χ0v) is 18.5. The lowest BCUT2D eigenvalue weighted by Crippen LogP contribution is -2.14. The molecule has 3 rings (SSSR count). The molecule has 0 aliphatic heterocycles. The predicted octanol–water partition coefficient (Wildman–Crippen LogP) is 3.42. The molecule has 2 aromatic carbocycles. The van der Waals surface area contributed by atoms with Crippen LogP contribution in [0.5, 0.6) is 28.9 Å². The largest absolute Gasteiger partial charge is 0.493 e. The van der Waals surface area contributed by atoms with E-state index in [0.717, 1.165) is 0 Å². The molecule has 0 bridgehead atoms. The first-order chi connectivity index (χ1) is 16.4. The van der Waals surface area contributed by atoms with Gasteiger partial charge in [0.05, 0.1) is 18.6 Å². The van der Waals surface area contributed by atoms with Gasteiger partial charge in [-0.2, -0.15) is 4.98 Å². The molecule has 0 saturated heterocycles. The molecular weight excluding hydrogens is 446 g/mol. The maximum atomic E-state index is 11.8. The van der Waals surface area contributed by atoms with E-state index in [1.165, 1.54) is 6.08 Å². The van der Waals surface area contributed by atoms with Gasteiger partial charge in [0.15, 0.2) is 23.0 Å². The fourth-order valence-corrected chi connectivity index (χ4v) is 2.95. The molecule has 0 spiro atoms. The van der Waals surface area contributed by atoms with E-state index in [2.05, 4.69) is 9.97 Å². The van der Waals surface area contributed by atoms with Crippen LogP contribution in [0.4, 0.5) is 5.69 Å². The number of benzene rings is 2. The zero-order valence-electron chi connectivity index (χ0n) is 18.5. The van der Waals surface area contributed by atoms with Crippen molar-refractivity contribution in [2.24, 2.45) is 0 Å². The summed E-state index contributed by atoms with van der Waals surface area (Å²) in [7, 11) is 1.57. The van der Waals surface area contributed by atoms with E-state index in [4.69, 9.17) is 18.9 Å². The number of aromatic nitrogens is 2. The average Bonchev–Trinajstić information content (AvgIpc) is 2.81. The summed E-state index contributed by atoms with van der Waals surface area (Å²) in [4.78, 5) is 27.4. The molecule has 1 aromatic heterocycles. The lowest BCUT2D eigenvalue weighted by atomic mass is 10.2. The Balaban J connectivity index is 1.68. The highest BCUT2D eigenvalue weighted by Crippen LogP contribution is 2.30. The highest BCUT2D eigenvalue weighted by atomic mass is 16.6. The van der Waals surface area contributed by atoms with Gasteiger partial charge in [0.1, 0.15) is 19.0 Å². The summed E-state index contributed by atoms with van der Waals surface area (Å²) in [5.74, 6) is 1.26. The summed E-state index contributed by atoms with van der Waals surface area (Å²) >= 11 is 0. The van der Waals surface area contributed by atoms with E-state index in [1.807, 2.05) is 19.1 Å². The second-order valence-electron chi connectivity index (χ2n) is 6.70. The third-order valence-electron chi connectivity index (χ3n) is 4.45. The summed E-state index contributed by atoms with van der Waals surface area (Å²) in [6, 6.07) is 12.5. The number of H-pyrrole nitrogens is 1. The van der Waals surface area contributed by atoms with Crippen LogP contribution in [0.1, 0.15) is 18.3 Å². The molecule has 0 radical (unpaired) electrons. The van der Waals surface area contributed by atoms with Crippen molar-refractivity contribution in [3.63, 3.8) is 0 Å². The summed E-state index contributed by atoms with van der Waals surface area (Å²) < 4.78 is 22.4. The van der Waals surface area contributed by atoms with Crippen LogP contribution in [0, 0.1) is 10.1 Å². The average molecular weight is 469 g/mol. The number of hydrogen-bond donors (Lipinski definition) is 2. The molecule has 1 heterocycles. The molecule has 0 amide bonds. The summed E-state index contributed by atoms with van der Waals surface area (Å²) in [6.45, 7) is 2.80. The molecule has 0 atom stereocenters. The molecule has 34 heavy (non-hydrogen) atoms. The highest BCUT2D eigenvalue weighted by molar-refractivity contribution is 5.68. The van der Waals surface area contributed by atoms with E-state index >= 15 is 0 Å². The topological polar surface area (TPSA) is 146 Å². The fourth-order valence-electron chi connectivity index (χ4n) is 2.95. The van der Waals surface area contributed by atoms with Gasteiger partial charge in [-0.15, -0.1) is 0 Å². The molecule has 178 valence electrons. The Hall–Kier alpha value is -4.54. The van der Waals surface area contributed by atoms with Gasteiger partial charge in [0, 0.05) is 0 Å². The predicted molar refractivity (Wildman–Crippen MR) is 124 cm³/mol. The summed E-state index contributed by atoms with van der Waals surface area (Å²) in [5, 5.41) is 20.4. The molecule has 11 heteroatoms. The minimum absolute atomic E-state index is 0.0418. The van der Waals surface area contributed by atoms with Crippen molar-refractivity contribution in [3.8, 4) is 28.9 Å². The molecule has 0 fully saturated rings. The molecule has 0 unspecified atom stereocenters. The minimum atomic E-state index is -1.05. The van der Waals surface area contributed by atoms with Gasteiger partial charge in [-0.3, -0.25) is 14.9 Å². The lowest BCUT2D eigenvalue weighted by molar-refractivity contribution is -0.387. The van der Waals surface area contributed by atoms with Gasteiger partial charge in [-0.1, -0.05) is 24.3 Å². The van der Waals surface area contributed by atoms with Gasteiger partial charge >= 0.3 is 11.2 Å². The number of para-hydroxylation sites is 2. The number of ether oxygens (including phenoxy) is 4. The van der Waals surface area contributed by atoms with Crippen molar-refractivity contribution in [2.45, 2.75) is 6.92 Å². The second-order valence-corrected chi connectivity index (χ2v) is 6.70. The number of hydrogen-bond acceptors (Lipinski definition) is 9. The molecule has 0 aliphatic carbocycles. The molecule has 11 nitrogen and oxygen atoms in total. The second kappa shape index (κ2) is 11.4. The molecule has 0 saturated carbocycles. The fraction of sp³-hybridized carbons (Fsp3) is 0.217. The summed E-state index contributed by atoms with van der Waals surface area (Å²) in [5.41, 5.74) is -1.38. The Morgan fingerprint density at radius 3 is 2.32 bits per heavy atom. The van der Waals surface area contributed by atoms with E-state index in [9.17, 15) is 20.0 Å². The quantitative estimate of drug-likeness (QED) is 0.245. The van der Waals surface area contributed by atoms with Crippen LogP contribution in [0.25, 0.3) is 12.2 Å². The first kappa shape index (κ1) is 24.1. The Morgan fingerprint density at radius 2 is 1.71 bits per heavy atom. The number of aromatic hydroxyl groups is 1. The van der Waals surface area contributed by atoms with E-state index in [-0.39, 0.29) is 19.0 Å². The van der Waals surface area contributed by atoms with Crippen molar-refractivity contribution >= 4 is 17.8 Å². The smallest absolute Gasteiger partial charge is 0.395 e. The standard InChI is InChI=1S/C23H23N3O8/c1-3-32-19-14-15(9-11-20-24-22(27)21(26(29)30)23(28)25-20)8-10-18(19)34-13-12-33-17-7-5-4-6-16(17)31-2/h4-11,14H,3,12-13H2,1-2H3,(H2,24,25,27,28)/b11-9+. The maximum Gasteiger partial charge on any atom is 0.395 e. The Kier molecular flexibility index (Phi) is 8.06. The van der Waals surface area contributed by atoms with Crippen LogP contribution in [-0.4, -0.2) is 46.9 Å². The van der Waals surface area contributed by atoms with Gasteiger partial charge in [-0.05, 0) is 42.8 Å². The van der Waals surface area contributed by atoms with Crippen LogP contribution in [-0.2, 0) is 0 Å². The van der Waals surface area contributed by atoms with Crippen LogP contribution in [0.3, 0.4) is 0 Å². The van der Waals surface area contributed by atoms with Crippen LogP contribution in [0.2, 0.25) is 0 Å². The van der Waals surface area contributed by atoms with E-state index in [0.29, 0.717) is 35.2 Å². The SMILES string of the molecule is CCOc1cc(/C=C/c2nc(O)c([N+](=O)[O-])c(=O)[nH]2)ccc1OCCOc1ccccc1OC. The Labute approximate surface area is 194 Å². The summed E-state index contributed by atoms with van der Waals surface area (Å²) in [6.07, 6.45) is 3.00. The molecule has 2 N–H and O–H groups in total. The number of nitro groups is 1. The third-order valence-corrected chi connectivity index (χ3v) is 4.45. The maximum absolute atomic E-state index is 11.8. The lowest BCUT2D eigenvalue weighted by Gasteiger charge is -2.14. The number of nitrogens with zero attached hydrogens (tertiary/aromatic N) is 2. The van der Waals surface area contributed by atoms with E-state index in [1.54, 1.807) is 43.5 Å². The first-order valence-corrected chi connectivity index (χ1v) is 10.2. The van der Waals surface area contributed by atoms with Gasteiger partial charge in [-0.25, -0.2) is 0 Å². The van der Waals surface area contributed by atoms with Crippen LogP contribution < -0.4 is 24.5 Å². The highest BCUT2D eigenvalue weighted by Gasteiger charge is 2.21. The van der Waals surface area contributed by atoms with Crippen LogP contribution >= 0.6 is 0 Å². The van der Waals surface area contributed by atoms with Crippen molar-refractivity contribution in [2.75, 3.05) is 26.9 Å². The molecule has 3 aromatic rings. The number of rotatable bonds is 11. The number of aromatic amines is 1. The Bertz CT molecular complexity index is 1240. The number of methoxy groups -OCH3 is 1. The van der Waals surface area contributed by atoms with Crippen molar-refractivity contribution in [1.82, 2.24) is 9.97 Å². The first-order valence-electron chi connectivity index (χ1n) is 10.2. The van der Waals surface area contributed by atoms with Crippen LogP contribution in [0.15, 0.2) is 47.3 Å². The van der Waals surface area contributed by atoms with Crippen molar-refractivity contribution in [1.29, 1.82) is 0 Å². The zero-order chi connectivity index (χ0) is 24.5. The molecule has 0 aliphatic rings. The minimum Gasteiger partial charge on any atom is -0.493 e. The molecular formula is C23H23N3O8. The van der Waals surface area contributed by atoms with Gasteiger partial charge in [0.25, 0.3) is 5.88 Å². The Morgan fingerprint density at radius 1 is 1.03 bits per heavy atom.